The molecule has 26 heavy (non-hydrogen) atoms. The first kappa shape index (κ1) is 20.9. The third kappa shape index (κ3) is 5.80. The number of piperidine rings is 1. The third-order valence-corrected chi connectivity index (χ3v) is 5.12. The number of methoxy groups -OCH3 is 1. The van der Waals surface area contributed by atoms with E-state index in [1.54, 1.807) is 7.11 Å². The number of rotatable bonds is 7. The van der Waals surface area contributed by atoms with Crippen molar-refractivity contribution in [2.45, 2.75) is 25.2 Å². The number of hydrogen-bond acceptors (Lipinski definition) is 3. The molecule has 0 radical (unpaired) electrons. The molecule has 1 saturated heterocycles. The van der Waals surface area contributed by atoms with E-state index in [1.165, 1.54) is 18.4 Å². The quantitative estimate of drug-likeness (QED) is 0.584. The molecule has 0 bridgehead atoms. The van der Waals surface area contributed by atoms with Gasteiger partial charge in [-0.25, -0.2) is 0 Å². The molecule has 2 aromatic carbocycles. The van der Waals surface area contributed by atoms with Crippen molar-refractivity contribution in [3.8, 4) is 11.5 Å². The molecule has 1 heterocycles. The van der Waals surface area contributed by atoms with E-state index >= 15 is 0 Å². The molecule has 1 aliphatic heterocycles. The topological polar surface area (TPSA) is 21.7 Å². The van der Waals surface area contributed by atoms with Gasteiger partial charge in [-0.2, -0.15) is 0 Å². The average Bonchev–Trinajstić information content (AvgIpc) is 2.67. The predicted molar refractivity (Wildman–Crippen MR) is 110 cm³/mol. The Hall–Kier alpha value is -1.42. The van der Waals surface area contributed by atoms with Gasteiger partial charge in [0.05, 0.1) is 13.7 Å². The molecule has 0 atom stereocenters. The maximum atomic E-state index is 5.88. The first-order chi connectivity index (χ1) is 12.3. The van der Waals surface area contributed by atoms with Gasteiger partial charge in [-0.1, -0.05) is 29.8 Å². The van der Waals surface area contributed by atoms with Crippen LogP contribution in [0.1, 0.15) is 30.7 Å². The Balaban J connectivity index is 0.00000243. The van der Waals surface area contributed by atoms with E-state index in [0.29, 0.717) is 5.92 Å². The second kappa shape index (κ2) is 10.7. The molecule has 0 amide bonds. The Kier molecular flexibility index (Phi) is 8.56. The summed E-state index contributed by atoms with van der Waals surface area (Å²) in [5.74, 6) is 2.52. The Labute approximate surface area is 167 Å². The summed E-state index contributed by atoms with van der Waals surface area (Å²) < 4.78 is 11.3. The average molecular weight is 396 g/mol. The van der Waals surface area contributed by atoms with Crippen LogP contribution in [0, 0.1) is 0 Å². The smallest absolute Gasteiger partial charge is 0.122 e. The van der Waals surface area contributed by atoms with Gasteiger partial charge in [-0.3, -0.25) is 0 Å². The monoisotopic (exact) mass is 395 g/mol. The molecule has 3 rings (SSSR count). The van der Waals surface area contributed by atoms with Crippen molar-refractivity contribution in [1.29, 1.82) is 0 Å². The molecule has 3 nitrogen and oxygen atoms in total. The lowest BCUT2D eigenvalue weighted by Crippen LogP contribution is -2.34. The molecule has 0 unspecified atom stereocenters. The molecule has 1 fully saturated rings. The maximum absolute atomic E-state index is 5.88. The van der Waals surface area contributed by atoms with Crippen LogP contribution >= 0.6 is 24.0 Å². The van der Waals surface area contributed by atoms with Crippen molar-refractivity contribution in [3.05, 3.63) is 59.1 Å². The Bertz CT molecular complexity index is 655. The minimum atomic E-state index is 0. The molecule has 2 aromatic rings. The zero-order valence-corrected chi connectivity index (χ0v) is 16.8. The fourth-order valence-electron chi connectivity index (χ4n) is 3.48. The SMILES string of the molecule is COc1ccccc1C1CCN(CCCOc2ccc(Cl)cc2)CC1.Cl. The summed E-state index contributed by atoms with van der Waals surface area (Å²) in [4.78, 5) is 2.54. The van der Waals surface area contributed by atoms with Crippen LogP contribution in [0.4, 0.5) is 0 Å². The lowest BCUT2D eigenvalue weighted by atomic mass is 9.89. The number of hydrogen-bond donors (Lipinski definition) is 0. The van der Waals surface area contributed by atoms with Gasteiger partial charge in [-0.15, -0.1) is 12.4 Å². The van der Waals surface area contributed by atoms with Crippen LogP contribution in [0.2, 0.25) is 5.02 Å². The van der Waals surface area contributed by atoms with Crippen molar-refractivity contribution in [2.24, 2.45) is 0 Å². The lowest BCUT2D eigenvalue weighted by molar-refractivity contribution is 0.192. The number of ether oxygens (including phenoxy) is 2. The van der Waals surface area contributed by atoms with Gasteiger partial charge >= 0.3 is 0 Å². The summed E-state index contributed by atoms with van der Waals surface area (Å²) >= 11 is 5.88. The molecule has 5 heteroatoms. The molecule has 0 aromatic heterocycles. The van der Waals surface area contributed by atoms with Crippen molar-refractivity contribution in [1.82, 2.24) is 4.90 Å². The molecule has 0 N–H and O–H groups in total. The highest BCUT2D eigenvalue weighted by Gasteiger charge is 2.22. The normalized spacial score (nSPS) is 15.3. The number of halogens is 2. The Morgan fingerprint density at radius 3 is 2.42 bits per heavy atom. The molecular weight excluding hydrogens is 369 g/mol. The van der Waals surface area contributed by atoms with E-state index in [9.17, 15) is 0 Å². The van der Waals surface area contributed by atoms with E-state index in [1.807, 2.05) is 30.3 Å². The van der Waals surface area contributed by atoms with Gasteiger partial charge in [0.25, 0.3) is 0 Å². The van der Waals surface area contributed by atoms with Crippen LogP contribution in [-0.2, 0) is 0 Å². The molecule has 142 valence electrons. The summed E-state index contributed by atoms with van der Waals surface area (Å²) in [5.41, 5.74) is 1.36. The van der Waals surface area contributed by atoms with Crippen LogP contribution < -0.4 is 9.47 Å². The molecule has 0 spiro atoms. The zero-order valence-electron chi connectivity index (χ0n) is 15.2. The van der Waals surface area contributed by atoms with Gasteiger partial charge in [-0.05, 0) is 74.2 Å². The minimum absolute atomic E-state index is 0. The second-order valence-electron chi connectivity index (χ2n) is 6.51. The molecule has 1 aliphatic rings. The molecular formula is C21H27Cl2NO2. The van der Waals surface area contributed by atoms with Gasteiger partial charge in [0.1, 0.15) is 11.5 Å². The van der Waals surface area contributed by atoms with Crippen LogP contribution in [0.5, 0.6) is 11.5 Å². The van der Waals surface area contributed by atoms with E-state index in [-0.39, 0.29) is 12.4 Å². The van der Waals surface area contributed by atoms with Gasteiger partial charge in [0.2, 0.25) is 0 Å². The van der Waals surface area contributed by atoms with Gasteiger partial charge < -0.3 is 14.4 Å². The van der Waals surface area contributed by atoms with Gasteiger partial charge in [0.15, 0.2) is 0 Å². The predicted octanol–water partition coefficient (Wildman–Crippen LogP) is 5.42. The van der Waals surface area contributed by atoms with Crippen LogP contribution in [0.15, 0.2) is 48.5 Å². The Morgan fingerprint density at radius 1 is 1.04 bits per heavy atom. The zero-order chi connectivity index (χ0) is 17.5. The summed E-state index contributed by atoms with van der Waals surface area (Å²) in [5, 5.41) is 0.741. The first-order valence-corrected chi connectivity index (χ1v) is 9.37. The van der Waals surface area contributed by atoms with Gasteiger partial charge in [0, 0.05) is 11.6 Å². The number of likely N-dealkylation sites (tertiary alicyclic amines) is 1. The van der Waals surface area contributed by atoms with Crippen LogP contribution in [0.25, 0.3) is 0 Å². The standard InChI is InChI=1S/C21H26ClNO2.ClH/c1-24-21-6-3-2-5-20(21)17-11-14-23(15-12-17)13-4-16-25-19-9-7-18(22)8-10-19;/h2-3,5-10,17H,4,11-16H2,1H3;1H. The van der Waals surface area contributed by atoms with Crippen molar-refractivity contribution < 1.29 is 9.47 Å². The highest BCUT2D eigenvalue weighted by Crippen LogP contribution is 2.33. The number of para-hydroxylation sites is 1. The fourth-order valence-corrected chi connectivity index (χ4v) is 3.61. The third-order valence-electron chi connectivity index (χ3n) is 4.87. The fraction of sp³-hybridized carbons (Fsp3) is 0.429. The summed E-state index contributed by atoms with van der Waals surface area (Å²) in [7, 11) is 1.76. The van der Waals surface area contributed by atoms with Crippen LogP contribution in [-0.4, -0.2) is 38.3 Å². The summed E-state index contributed by atoms with van der Waals surface area (Å²) in [6, 6.07) is 16.0. The maximum Gasteiger partial charge on any atom is 0.122 e. The summed E-state index contributed by atoms with van der Waals surface area (Å²) in [6.07, 6.45) is 3.43. The van der Waals surface area contributed by atoms with E-state index in [0.717, 1.165) is 49.2 Å². The second-order valence-corrected chi connectivity index (χ2v) is 6.95. The van der Waals surface area contributed by atoms with Crippen LogP contribution in [0.3, 0.4) is 0 Å². The largest absolute Gasteiger partial charge is 0.496 e. The summed E-state index contributed by atoms with van der Waals surface area (Å²) in [6.45, 7) is 4.12. The minimum Gasteiger partial charge on any atom is -0.496 e. The number of nitrogens with zero attached hydrogens (tertiary/aromatic N) is 1. The van der Waals surface area contributed by atoms with E-state index < -0.39 is 0 Å². The molecule has 0 saturated carbocycles. The first-order valence-electron chi connectivity index (χ1n) is 9.00. The van der Waals surface area contributed by atoms with Crippen molar-refractivity contribution in [2.75, 3.05) is 33.4 Å². The highest BCUT2D eigenvalue weighted by atomic mass is 35.5. The molecule has 0 aliphatic carbocycles. The van der Waals surface area contributed by atoms with Crippen molar-refractivity contribution in [3.63, 3.8) is 0 Å². The Morgan fingerprint density at radius 2 is 1.73 bits per heavy atom. The number of benzene rings is 2. The lowest BCUT2D eigenvalue weighted by Gasteiger charge is -2.32. The van der Waals surface area contributed by atoms with Crippen molar-refractivity contribution >= 4 is 24.0 Å². The van der Waals surface area contributed by atoms with E-state index in [4.69, 9.17) is 21.1 Å². The highest BCUT2D eigenvalue weighted by molar-refractivity contribution is 6.30. The van der Waals surface area contributed by atoms with E-state index in [2.05, 4.69) is 23.1 Å².